The van der Waals surface area contributed by atoms with E-state index in [2.05, 4.69) is 5.43 Å². The molecule has 2 aromatic carbocycles. The summed E-state index contributed by atoms with van der Waals surface area (Å²) in [6.07, 6.45) is 0.544. The van der Waals surface area contributed by atoms with Gasteiger partial charge in [-0.05, 0) is 30.7 Å². The predicted molar refractivity (Wildman–Crippen MR) is 110 cm³/mol. The van der Waals surface area contributed by atoms with Gasteiger partial charge in [0.15, 0.2) is 9.84 Å². The molecule has 0 unspecified atom stereocenters. The summed E-state index contributed by atoms with van der Waals surface area (Å²) in [7, 11) is -3.09. The summed E-state index contributed by atoms with van der Waals surface area (Å²) in [5.41, 5.74) is 4.54. The molecular formula is C21H23N3O4S. The Bertz CT molecular complexity index is 956. The first-order valence-electron chi connectivity index (χ1n) is 9.63. The normalized spacial score (nSPS) is 23.2. The fraction of sp³-hybridized carbons (Fsp3) is 0.333. The average Bonchev–Trinajstić information content (AvgIpc) is 3.29. The Kier molecular flexibility index (Phi) is 5.27. The van der Waals surface area contributed by atoms with Gasteiger partial charge in [0.1, 0.15) is 0 Å². The van der Waals surface area contributed by atoms with Crippen LogP contribution in [-0.4, -0.2) is 49.2 Å². The van der Waals surface area contributed by atoms with E-state index in [1.54, 1.807) is 9.91 Å². The van der Waals surface area contributed by atoms with E-state index in [1.807, 2.05) is 60.7 Å². The minimum absolute atomic E-state index is 0.00671. The highest BCUT2D eigenvalue weighted by Crippen LogP contribution is 2.28. The number of nitrogens with zero attached hydrogens (tertiary/aromatic N) is 2. The maximum atomic E-state index is 13.0. The zero-order valence-electron chi connectivity index (χ0n) is 15.9. The van der Waals surface area contributed by atoms with E-state index >= 15 is 0 Å². The van der Waals surface area contributed by atoms with Crippen LogP contribution in [0.3, 0.4) is 0 Å². The summed E-state index contributed by atoms with van der Waals surface area (Å²) in [5.74, 6) is -0.824. The van der Waals surface area contributed by atoms with Gasteiger partial charge in [-0.1, -0.05) is 36.4 Å². The number of likely N-dealkylation sites (tertiary alicyclic amines) is 1. The van der Waals surface area contributed by atoms with Crippen LogP contribution in [0.5, 0.6) is 0 Å². The predicted octanol–water partition coefficient (Wildman–Crippen LogP) is 1.89. The van der Waals surface area contributed by atoms with Crippen LogP contribution in [0.15, 0.2) is 60.7 Å². The van der Waals surface area contributed by atoms with Gasteiger partial charge >= 0.3 is 0 Å². The van der Waals surface area contributed by atoms with Gasteiger partial charge < -0.3 is 4.90 Å². The number of nitrogens with one attached hydrogen (secondary N) is 1. The van der Waals surface area contributed by atoms with Crippen molar-refractivity contribution in [2.45, 2.75) is 18.9 Å². The van der Waals surface area contributed by atoms with E-state index < -0.39 is 15.8 Å². The molecule has 1 N–H and O–H groups in total. The highest BCUT2D eigenvalue weighted by atomic mass is 32.2. The number of carbonyl (C=O) groups is 2. The van der Waals surface area contributed by atoms with E-state index in [4.69, 9.17) is 0 Å². The number of para-hydroxylation sites is 2. The average molecular weight is 413 g/mol. The number of sulfone groups is 1. The topological polar surface area (TPSA) is 86.8 Å². The van der Waals surface area contributed by atoms with Crippen LogP contribution >= 0.6 is 0 Å². The highest BCUT2D eigenvalue weighted by Gasteiger charge is 2.42. The fourth-order valence-corrected chi connectivity index (χ4v) is 5.65. The first kappa shape index (κ1) is 19.4. The minimum atomic E-state index is -3.09. The Hall–Kier alpha value is -2.87. The van der Waals surface area contributed by atoms with E-state index in [0.717, 1.165) is 11.4 Å². The van der Waals surface area contributed by atoms with Gasteiger partial charge in [0.2, 0.25) is 11.8 Å². The molecule has 2 aromatic rings. The van der Waals surface area contributed by atoms with Gasteiger partial charge in [0.25, 0.3) is 0 Å². The largest absolute Gasteiger partial charge is 0.338 e. The molecule has 2 aliphatic heterocycles. The maximum absolute atomic E-state index is 13.0. The smallest absolute Gasteiger partial charge is 0.244 e. The van der Waals surface area contributed by atoms with Crippen molar-refractivity contribution in [2.75, 3.05) is 23.1 Å². The Morgan fingerprint density at radius 1 is 1.00 bits per heavy atom. The Morgan fingerprint density at radius 2 is 1.59 bits per heavy atom. The van der Waals surface area contributed by atoms with Crippen LogP contribution in [-0.2, 0) is 19.4 Å². The number of hydrogen-bond donors (Lipinski definition) is 1. The zero-order valence-corrected chi connectivity index (χ0v) is 16.7. The molecule has 0 radical (unpaired) electrons. The Balaban J connectivity index is 1.49. The number of hydrogen-bond acceptors (Lipinski definition) is 5. The SMILES string of the molecule is O=C(NN(c1ccccc1)c1ccccc1)[C@H]1CC(=O)N([C@@H]2CCS(=O)(=O)C2)C1. The van der Waals surface area contributed by atoms with Crippen LogP contribution < -0.4 is 10.4 Å². The molecule has 0 saturated carbocycles. The van der Waals surface area contributed by atoms with E-state index in [1.165, 1.54) is 0 Å². The lowest BCUT2D eigenvalue weighted by molar-refractivity contribution is -0.130. The van der Waals surface area contributed by atoms with Gasteiger partial charge in [0.05, 0.1) is 28.8 Å². The van der Waals surface area contributed by atoms with Crippen molar-refractivity contribution in [1.29, 1.82) is 0 Å². The highest BCUT2D eigenvalue weighted by molar-refractivity contribution is 7.91. The second kappa shape index (κ2) is 7.87. The molecule has 0 spiro atoms. The molecule has 2 atom stereocenters. The van der Waals surface area contributed by atoms with Gasteiger partial charge in [-0.25, -0.2) is 8.42 Å². The van der Waals surface area contributed by atoms with E-state index in [-0.39, 0.29) is 42.3 Å². The molecule has 4 rings (SSSR count). The molecule has 0 aliphatic carbocycles. The third-order valence-electron chi connectivity index (χ3n) is 5.43. The molecule has 0 bridgehead atoms. The van der Waals surface area contributed by atoms with Gasteiger partial charge in [-0.3, -0.25) is 20.0 Å². The van der Waals surface area contributed by atoms with Crippen molar-refractivity contribution in [3.8, 4) is 0 Å². The lowest BCUT2D eigenvalue weighted by atomic mass is 10.1. The molecule has 2 saturated heterocycles. The Labute approximate surface area is 170 Å². The number of benzene rings is 2. The van der Waals surface area contributed by atoms with Gasteiger partial charge in [-0.2, -0.15) is 0 Å². The van der Waals surface area contributed by atoms with Crippen LogP contribution in [0.2, 0.25) is 0 Å². The quantitative estimate of drug-likeness (QED) is 0.757. The second-order valence-electron chi connectivity index (χ2n) is 7.49. The third kappa shape index (κ3) is 4.27. The lowest BCUT2D eigenvalue weighted by Gasteiger charge is -2.27. The molecular weight excluding hydrogens is 390 g/mol. The summed E-state index contributed by atoms with van der Waals surface area (Å²) in [6, 6.07) is 18.6. The summed E-state index contributed by atoms with van der Waals surface area (Å²) < 4.78 is 23.5. The molecule has 2 heterocycles. The van der Waals surface area contributed by atoms with Crippen molar-refractivity contribution < 1.29 is 18.0 Å². The van der Waals surface area contributed by atoms with Gasteiger partial charge in [-0.15, -0.1) is 0 Å². The van der Waals surface area contributed by atoms with Crippen molar-refractivity contribution >= 4 is 33.0 Å². The molecule has 2 amide bonds. The van der Waals surface area contributed by atoms with Crippen molar-refractivity contribution in [3.05, 3.63) is 60.7 Å². The van der Waals surface area contributed by atoms with E-state index in [9.17, 15) is 18.0 Å². The number of carbonyl (C=O) groups excluding carboxylic acids is 2. The fourth-order valence-electron chi connectivity index (χ4n) is 3.92. The zero-order chi connectivity index (χ0) is 20.4. The molecule has 0 aromatic heterocycles. The maximum Gasteiger partial charge on any atom is 0.244 e. The number of anilines is 2. The van der Waals surface area contributed by atoms with Gasteiger partial charge in [0, 0.05) is 19.0 Å². The molecule has 7 nitrogen and oxygen atoms in total. The lowest BCUT2D eigenvalue weighted by Crippen LogP contribution is -2.44. The monoisotopic (exact) mass is 413 g/mol. The van der Waals surface area contributed by atoms with Crippen LogP contribution in [0.25, 0.3) is 0 Å². The Morgan fingerprint density at radius 3 is 2.10 bits per heavy atom. The molecule has 2 aliphatic rings. The third-order valence-corrected chi connectivity index (χ3v) is 7.18. The second-order valence-corrected chi connectivity index (χ2v) is 9.72. The number of hydrazine groups is 1. The van der Waals surface area contributed by atoms with Crippen molar-refractivity contribution in [2.24, 2.45) is 5.92 Å². The van der Waals surface area contributed by atoms with E-state index in [0.29, 0.717) is 6.42 Å². The van der Waals surface area contributed by atoms with Crippen LogP contribution in [0, 0.1) is 5.92 Å². The van der Waals surface area contributed by atoms with Crippen LogP contribution in [0.4, 0.5) is 11.4 Å². The number of rotatable bonds is 5. The first-order valence-corrected chi connectivity index (χ1v) is 11.5. The number of amides is 2. The standard InChI is InChI=1S/C21H23N3O4S/c25-20-13-16(14-23(20)19-11-12-29(27,28)15-19)21(26)22-24(17-7-3-1-4-8-17)18-9-5-2-6-10-18/h1-10,16,19H,11-15H2,(H,22,26)/t16-,19+/m0/s1. The minimum Gasteiger partial charge on any atom is -0.338 e. The summed E-state index contributed by atoms with van der Waals surface area (Å²) in [6.45, 7) is 0.252. The molecule has 8 heteroatoms. The van der Waals surface area contributed by atoms with Crippen molar-refractivity contribution in [3.63, 3.8) is 0 Å². The summed E-state index contributed by atoms with van der Waals surface area (Å²) in [5, 5.41) is 1.70. The first-order chi connectivity index (χ1) is 13.9. The summed E-state index contributed by atoms with van der Waals surface area (Å²) in [4.78, 5) is 27.0. The molecule has 152 valence electrons. The van der Waals surface area contributed by atoms with Crippen molar-refractivity contribution in [1.82, 2.24) is 10.3 Å². The van der Waals surface area contributed by atoms with Crippen LogP contribution in [0.1, 0.15) is 12.8 Å². The molecule has 29 heavy (non-hydrogen) atoms. The summed E-state index contributed by atoms with van der Waals surface area (Å²) >= 11 is 0. The molecule has 2 fully saturated rings.